The summed E-state index contributed by atoms with van der Waals surface area (Å²) >= 11 is 1.57. The van der Waals surface area contributed by atoms with E-state index in [9.17, 15) is 4.79 Å². The zero-order valence-corrected chi connectivity index (χ0v) is 12.6. The molecule has 2 heterocycles. The predicted molar refractivity (Wildman–Crippen MR) is 79.6 cm³/mol. The molecule has 1 aliphatic heterocycles. The average molecular weight is 305 g/mol. The Morgan fingerprint density at radius 3 is 2.81 bits per heavy atom. The largest absolute Gasteiger partial charge is 0.454 e. The molecule has 1 aromatic heterocycles. The minimum Gasteiger partial charge on any atom is -0.454 e. The SMILES string of the molecule is Cc1ncc(CN(C)C(=O)c2cc3c(cc2N)OCO3)s1. The molecule has 0 saturated carbocycles. The predicted octanol–water partition coefficient (Wildman–Crippen LogP) is 2.03. The molecule has 0 atom stereocenters. The van der Waals surface area contributed by atoms with Gasteiger partial charge in [0.2, 0.25) is 6.79 Å². The number of ether oxygens (including phenoxy) is 2. The van der Waals surface area contributed by atoms with Gasteiger partial charge in [-0.05, 0) is 13.0 Å². The first-order valence-corrected chi connectivity index (χ1v) is 7.22. The summed E-state index contributed by atoms with van der Waals surface area (Å²) in [5, 5.41) is 0.980. The van der Waals surface area contributed by atoms with Gasteiger partial charge in [-0.15, -0.1) is 11.3 Å². The Kier molecular flexibility index (Phi) is 3.42. The summed E-state index contributed by atoms with van der Waals surface area (Å²) in [7, 11) is 1.74. The Hall–Kier alpha value is -2.28. The number of carbonyl (C=O) groups excluding carboxylic acids is 1. The van der Waals surface area contributed by atoms with E-state index in [1.807, 2.05) is 6.92 Å². The van der Waals surface area contributed by atoms with Gasteiger partial charge in [-0.2, -0.15) is 0 Å². The van der Waals surface area contributed by atoms with Crippen LogP contribution in [0.3, 0.4) is 0 Å². The molecule has 0 radical (unpaired) electrons. The van der Waals surface area contributed by atoms with Crippen molar-refractivity contribution < 1.29 is 14.3 Å². The van der Waals surface area contributed by atoms with Crippen LogP contribution in [0.2, 0.25) is 0 Å². The number of hydrogen-bond acceptors (Lipinski definition) is 6. The van der Waals surface area contributed by atoms with Crippen molar-refractivity contribution in [2.75, 3.05) is 19.6 Å². The number of nitrogen functional groups attached to an aromatic ring is 1. The molecule has 110 valence electrons. The van der Waals surface area contributed by atoms with Crippen LogP contribution in [0.4, 0.5) is 5.69 Å². The van der Waals surface area contributed by atoms with Gasteiger partial charge in [-0.3, -0.25) is 4.79 Å². The smallest absolute Gasteiger partial charge is 0.256 e. The lowest BCUT2D eigenvalue weighted by Crippen LogP contribution is -2.26. The van der Waals surface area contributed by atoms with Gasteiger partial charge in [0.25, 0.3) is 5.91 Å². The first kappa shape index (κ1) is 13.7. The van der Waals surface area contributed by atoms with E-state index < -0.39 is 0 Å². The fraction of sp³-hybridized carbons (Fsp3) is 0.286. The van der Waals surface area contributed by atoms with Crippen LogP contribution in [0.25, 0.3) is 0 Å². The first-order valence-electron chi connectivity index (χ1n) is 6.40. The summed E-state index contributed by atoms with van der Waals surface area (Å²) in [5.74, 6) is 0.969. The van der Waals surface area contributed by atoms with Crippen molar-refractivity contribution in [3.05, 3.63) is 33.8 Å². The summed E-state index contributed by atoms with van der Waals surface area (Å²) in [6.45, 7) is 2.59. The third kappa shape index (κ3) is 2.64. The van der Waals surface area contributed by atoms with Gasteiger partial charge >= 0.3 is 0 Å². The van der Waals surface area contributed by atoms with Crippen LogP contribution in [0, 0.1) is 6.92 Å². The molecule has 0 bridgehead atoms. The fourth-order valence-corrected chi connectivity index (χ4v) is 2.98. The third-order valence-electron chi connectivity index (χ3n) is 3.18. The molecular weight excluding hydrogens is 290 g/mol. The van der Waals surface area contributed by atoms with Gasteiger partial charge in [-0.1, -0.05) is 0 Å². The molecule has 2 N–H and O–H groups in total. The summed E-state index contributed by atoms with van der Waals surface area (Å²) in [4.78, 5) is 19.3. The molecule has 0 saturated heterocycles. The number of fused-ring (bicyclic) bond motifs is 1. The van der Waals surface area contributed by atoms with Crippen molar-refractivity contribution in [3.8, 4) is 11.5 Å². The second-order valence-corrected chi connectivity index (χ2v) is 6.12. The lowest BCUT2D eigenvalue weighted by Gasteiger charge is -2.17. The number of hydrogen-bond donors (Lipinski definition) is 1. The summed E-state index contributed by atoms with van der Waals surface area (Å²) < 4.78 is 10.5. The van der Waals surface area contributed by atoms with Crippen LogP contribution in [-0.4, -0.2) is 29.6 Å². The normalized spacial score (nSPS) is 12.5. The van der Waals surface area contributed by atoms with Crippen molar-refractivity contribution >= 4 is 22.9 Å². The van der Waals surface area contributed by atoms with Crippen LogP contribution < -0.4 is 15.2 Å². The van der Waals surface area contributed by atoms with E-state index in [1.165, 1.54) is 0 Å². The minimum absolute atomic E-state index is 0.155. The molecule has 21 heavy (non-hydrogen) atoms. The van der Waals surface area contributed by atoms with Crippen molar-refractivity contribution in [1.29, 1.82) is 0 Å². The summed E-state index contributed by atoms with van der Waals surface area (Å²) in [5.41, 5.74) is 6.74. The molecular formula is C14H15N3O3S. The Labute approximate surface area is 126 Å². The van der Waals surface area contributed by atoms with Gasteiger partial charge in [0.15, 0.2) is 11.5 Å². The summed E-state index contributed by atoms with van der Waals surface area (Å²) in [6.07, 6.45) is 1.78. The molecule has 1 aromatic carbocycles. The molecule has 0 unspecified atom stereocenters. The maximum absolute atomic E-state index is 12.5. The molecule has 0 aliphatic carbocycles. The monoisotopic (exact) mass is 305 g/mol. The maximum Gasteiger partial charge on any atom is 0.256 e. The number of amides is 1. The van der Waals surface area contributed by atoms with Crippen LogP contribution >= 0.6 is 11.3 Å². The van der Waals surface area contributed by atoms with Crippen LogP contribution in [0.15, 0.2) is 18.3 Å². The number of benzene rings is 1. The number of rotatable bonds is 3. The number of nitrogens with zero attached hydrogens (tertiary/aromatic N) is 2. The summed E-state index contributed by atoms with van der Waals surface area (Å²) in [6, 6.07) is 3.26. The second kappa shape index (κ2) is 5.25. The van der Waals surface area contributed by atoms with Crippen molar-refractivity contribution in [3.63, 3.8) is 0 Å². The Morgan fingerprint density at radius 1 is 1.43 bits per heavy atom. The second-order valence-electron chi connectivity index (χ2n) is 4.80. The maximum atomic E-state index is 12.5. The van der Waals surface area contributed by atoms with E-state index in [0.717, 1.165) is 9.88 Å². The number of nitrogens with two attached hydrogens (primary N) is 1. The molecule has 1 aliphatic rings. The van der Waals surface area contributed by atoms with Gasteiger partial charge in [0.1, 0.15) is 0 Å². The highest BCUT2D eigenvalue weighted by Crippen LogP contribution is 2.36. The third-order valence-corrected chi connectivity index (χ3v) is 4.08. The molecule has 2 aromatic rings. The van der Waals surface area contributed by atoms with Crippen LogP contribution in [0.5, 0.6) is 11.5 Å². The van der Waals surface area contributed by atoms with E-state index in [2.05, 4.69) is 4.98 Å². The highest BCUT2D eigenvalue weighted by atomic mass is 32.1. The average Bonchev–Trinajstić information content (AvgIpc) is 3.05. The van der Waals surface area contributed by atoms with Gasteiger partial charge < -0.3 is 20.1 Å². The number of aromatic nitrogens is 1. The Balaban J connectivity index is 1.81. The number of thiazole rings is 1. The van der Waals surface area contributed by atoms with Crippen molar-refractivity contribution in [2.45, 2.75) is 13.5 Å². The number of anilines is 1. The zero-order valence-electron chi connectivity index (χ0n) is 11.8. The van der Waals surface area contributed by atoms with E-state index in [-0.39, 0.29) is 12.7 Å². The van der Waals surface area contributed by atoms with E-state index in [1.54, 1.807) is 41.6 Å². The van der Waals surface area contributed by atoms with Crippen LogP contribution in [-0.2, 0) is 6.54 Å². The molecule has 1 amide bonds. The highest BCUT2D eigenvalue weighted by molar-refractivity contribution is 7.11. The fourth-order valence-electron chi connectivity index (χ4n) is 2.13. The lowest BCUT2D eigenvalue weighted by molar-refractivity contribution is 0.0787. The minimum atomic E-state index is -0.156. The molecule has 0 spiro atoms. The van der Waals surface area contributed by atoms with Crippen LogP contribution in [0.1, 0.15) is 20.2 Å². The van der Waals surface area contributed by atoms with E-state index in [0.29, 0.717) is 29.3 Å². The van der Waals surface area contributed by atoms with Crippen molar-refractivity contribution in [1.82, 2.24) is 9.88 Å². The highest BCUT2D eigenvalue weighted by Gasteiger charge is 2.22. The standard InChI is InChI=1S/C14H15N3O3S/c1-8-16-5-9(21-8)6-17(2)14(18)10-3-12-13(4-11(10)15)20-7-19-12/h3-5H,6-7,15H2,1-2H3. The molecule has 0 fully saturated rings. The lowest BCUT2D eigenvalue weighted by atomic mass is 10.1. The quantitative estimate of drug-likeness (QED) is 0.878. The van der Waals surface area contributed by atoms with E-state index in [4.69, 9.17) is 15.2 Å². The molecule has 3 rings (SSSR count). The van der Waals surface area contributed by atoms with Gasteiger partial charge in [0, 0.05) is 29.9 Å². The van der Waals surface area contributed by atoms with Gasteiger partial charge in [0.05, 0.1) is 17.1 Å². The van der Waals surface area contributed by atoms with E-state index >= 15 is 0 Å². The Bertz CT molecular complexity index is 699. The topological polar surface area (TPSA) is 77.7 Å². The molecule has 6 nitrogen and oxygen atoms in total. The first-order chi connectivity index (χ1) is 10.0. The molecule has 7 heteroatoms. The van der Waals surface area contributed by atoms with Crippen molar-refractivity contribution in [2.24, 2.45) is 0 Å². The Morgan fingerprint density at radius 2 is 2.14 bits per heavy atom. The zero-order chi connectivity index (χ0) is 15.0. The van der Waals surface area contributed by atoms with Gasteiger partial charge in [-0.25, -0.2) is 4.98 Å². The number of carbonyl (C=O) groups is 1. The number of aryl methyl sites for hydroxylation is 1.